The molecule has 1 heterocycles. The fourth-order valence-corrected chi connectivity index (χ4v) is 7.31. The van der Waals surface area contributed by atoms with Crippen molar-refractivity contribution in [3.63, 3.8) is 0 Å². The molecule has 0 aliphatic carbocycles. The Labute approximate surface area is 370 Å². The fourth-order valence-electron chi connectivity index (χ4n) is 7.31. The Morgan fingerprint density at radius 2 is 0.739 bits per heavy atom. The molecule has 356 valence electrons. The summed E-state index contributed by atoms with van der Waals surface area (Å²) in [6.07, 6.45) is -3.47. The number of aromatic nitrogens is 1. The van der Waals surface area contributed by atoms with Crippen molar-refractivity contribution in [3.8, 4) is 11.1 Å². The van der Waals surface area contributed by atoms with E-state index in [4.69, 9.17) is 5.53 Å². The lowest BCUT2D eigenvalue weighted by molar-refractivity contribution is -0.683. The van der Waals surface area contributed by atoms with Gasteiger partial charge in [0.15, 0.2) is 82.2 Å². The minimum atomic E-state index is -7.22. The molecule has 1 aromatic heterocycles. The van der Waals surface area contributed by atoms with E-state index in [1.54, 1.807) is 6.07 Å². The molecule has 0 radical (unpaired) electrons. The fraction of sp³-hybridized carbons (Fsp3) is 0.0233. The monoisotopic (exact) mass is 994 g/mol. The van der Waals surface area contributed by atoms with E-state index < -0.39 is 144 Å². The first-order valence-electron chi connectivity index (χ1n) is 18.4. The topological polar surface area (TPSA) is 69.7 Å². The van der Waals surface area contributed by atoms with Crippen LogP contribution in [0.5, 0.6) is 0 Å². The molecule has 5 nitrogen and oxygen atoms in total. The number of hydrogen-bond donors (Lipinski definition) is 0. The standard InChI is InChI=1S/C24BF20.C19H15N4O/c26-5-1(6(27)14(35)21(42)13(5)34)25(2-7(28)15(36)22(43)16(37)8(2)29,3-9(30)17(38)23(44)18(39)10(3)31)4-11(32)19(40)24(45)20(41)12(4)33;20-22-21-18-8-4-7-17(13-18)15-9-11-23(12-10-15)14-19(24)16-5-2-1-3-6-16/h;1-13H,14H2/q-1;+1. The second kappa shape index (κ2) is 19.4. The van der Waals surface area contributed by atoms with Crippen molar-refractivity contribution in [2.45, 2.75) is 6.54 Å². The molecule has 0 saturated heterocycles. The maximum Gasteiger partial charge on any atom is 0.227 e. The van der Waals surface area contributed by atoms with Gasteiger partial charge in [0.2, 0.25) is 12.3 Å². The normalized spacial score (nSPS) is 11.3. The zero-order valence-electron chi connectivity index (χ0n) is 33.0. The summed E-state index contributed by atoms with van der Waals surface area (Å²) in [5, 5.41) is 3.61. The second-order valence-corrected chi connectivity index (χ2v) is 14.1. The average molecular weight is 994 g/mol. The largest absolute Gasteiger partial charge is 0.287 e. The summed E-state index contributed by atoms with van der Waals surface area (Å²) in [4.78, 5) is 15.0. The number of carbonyl (C=O) groups excluding carboxylic acids is 1. The van der Waals surface area contributed by atoms with Gasteiger partial charge in [-0.15, -0.1) is 21.9 Å². The zero-order valence-corrected chi connectivity index (χ0v) is 33.0. The maximum absolute atomic E-state index is 15.4. The third-order valence-electron chi connectivity index (χ3n) is 10.4. The number of ketones is 1. The van der Waals surface area contributed by atoms with Gasteiger partial charge in [-0.05, 0) is 22.7 Å². The Bertz CT molecular complexity index is 2900. The van der Waals surface area contributed by atoms with Gasteiger partial charge >= 0.3 is 0 Å². The number of carbonyl (C=O) groups is 1. The lowest BCUT2D eigenvalue weighted by Crippen LogP contribution is -2.81. The van der Waals surface area contributed by atoms with Crippen LogP contribution < -0.4 is 26.4 Å². The van der Waals surface area contributed by atoms with Gasteiger partial charge in [-0.1, -0.05) is 53.6 Å². The minimum Gasteiger partial charge on any atom is -0.287 e. The molecule has 0 fully saturated rings. The first kappa shape index (κ1) is 50.5. The van der Waals surface area contributed by atoms with Crippen molar-refractivity contribution in [2.24, 2.45) is 5.11 Å². The Morgan fingerprint density at radius 3 is 1.06 bits per heavy atom. The van der Waals surface area contributed by atoms with Crippen molar-refractivity contribution in [1.29, 1.82) is 0 Å². The number of rotatable bonds is 9. The molecule has 0 aliphatic heterocycles. The van der Waals surface area contributed by atoms with E-state index in [1.807, 2.05) is 77.6 Å². The molecule has 6 aromatic carbocycles. The van der Waals surface area contributed by atoms with Crippen LogP contribution in [-0.4, -0.2) is 11.9 Å². The number of benzene rings is 6. The second-order valence-electron chi connectivity index (χ2n) is 14.1. The molecule has 0 bridgehead atoms. The van der Waals surface area contributed by atoms with Crippen LogP contribution in [0.3, 0.4) is 0 Å². The number of azide groups is 1. The average Bonchev–Trinajstić information content (AvgIpc) is 3.34. The number of pyridine rings is 1. The number of halogens is 20. The van der Waals surface area contributed by atoms with E-state index in [0.717, 1.165) is 11.1 Å². The molecule has 69 heavy (non-hydrogen) atoms. The number of hydrogen-bond acceptors (Lipinski definition) is 2. The van der Waals surface area contributed by atoms with Gasteiger partial charge in [0.05, 0.1) is 0 Å². The smallest absolute Gasteiger partial charge is 0.227 e. The summed E-state index contributed by atoms with van der Waals surface area (Å²) in [6.45, 7) is 0.295. The highest BCUT2D eigenvalue weighted by Crippen LogP contribution is 2.31. The van der Waals surface area contributed by atoms with Gasteiger partial charge in [0, 0.05) is 28.3 Å². The first-order valence-corrected chi connectivity index (χ1v) is 18.4. The van der Waals surface area contributed by atoms with Gasteiger partial charge in [-0.2, -0.15) is 4.57 Å². The molecule has 0 N–H and O–H groups in total. The summed E-state index contributed by atoms with van der Waals surface area (Å²) in [6, 6.07) is 20.5. The van der Waals surface area contributed by atoms with Gasteiger partial charge in [-0.25, -0.2) is 87.8 Å². The lowest BCUT2D eigenvalue weighted by atomic mass is 9.12. The molecule has 26 heteroatoms. The van der Waals surface area contributed by atoms with Crippen LogP contribution >= 0.6 is 0 Å². The van der Waals surface area contributed by atoms with Crippen LogP contribution in [0.25, 0.3) is 21.6 Å². The van der Waals surface area contributed by atoms with Crippen molar-refractivity contribution in [3.05, 3.63) is 211 Å². The molecule has 0 saturated carbocycles. The van der Waals surface area contributed by atoms with Crippen molar-refractivity contribution < 1.29 is 97.2 Å². The number of nitrogens with zero attached hydrogens (tertiary/aromatic N) is 4. The Balaban J connectivity index is 0.000000273. The van der Waals surface area contributed by atoms with E-state index in [2.05, 4.69) is 10.0 Å². The molecular weight excluding hydrogens is 979 g/mol. The van der Waals surface area contributed by atoms with E-state index in [0.29, 0.717) is 17.8 Å². The van der Waals surface area contributed by atoms with Crippen molar-refractivity contribution in [1.82, 2.24) is 0 Å². The number of Topliss-reactive ketones (excluding diaryl/α,β-unsaturated/α-hetero) is 1. The molecule has 7 aromatic rings. The predicted molar refractivity (Wildman–Crippen MR) is 201 cm³/mol. The quantitative estimate of drug-likeness (QED) is 0.0164. The van der Waals surface area contributed by atoms with E-state index in [1.165, 1.54) is 0 Å². The predicted octanol–water partition coefficient (Wildman–Crippen LogP) is 10.3. The summed E-state index contributed by atoms with van der Waals surface area (Å²) in [5.41, 5.74) is -2.58. The van der Waals surface area contributed by atoms with Crippen LogP contribution in [0.1, 0.15) is 10.4 Å². The van der Waals surface area contributed by atoms with Gasteiger partial charge < -0.3 is 0 Å². The van der Waals surface area contributed by atoms with Crippen molar-refractivity contribution in [2.75, 3.05) is 0 Å². The molecular formula is C43H15BF20N4O. The van der Waals surface area contributed by atoms with Crippen LogP contribution in [0.15, 0.2) is 84.2 Å². The Hall–Kier alpha value is -7.89. The third-order valence-corrected chi connectivity index (χ3v) is 10.4. The molecule has 0 spiro atoms. The van der Waals surface area contributed by atoms with Gasteiger partial charge in [-0.3, -0.25) is 4.79 Å². The molecule has 0 atom stereocenters. The highest BCUT2D eigenvalue weighted by molar-refractivity contribution is 7.20. The highest BCUT2D eigenvalue weighted by Gasteiger charge is 2.52. The van der Waals surface area contributed by atoms with E-state index in [-0.39, 0.29) is 5.78 Å². The van der Waals surface area contributed by atoms with Gasteiger partial charge in [0.1, 0.15) is 52.7 Å². The van der Waals surface area contributed by atoms with Crippen molar-refractivity contribution >= 4 is 39.5 Å². The third kappa shape index (κ3) is 8.44. The highest BCUT2D eigenvalue weighted by atomic mass is 19.2. The lowest BCUT2D eigenvalue weighted by Gasteiger charge is -2.44. The Kier molecular flexibility index (Phi) is 14.2. The van der Waals surface area contributed by atoms with E-state index >= 15 is 35.1 Å². The van der Waals surface area contributed by atoms with Crippen LogP contribution in [0.2, 0.25) is 0 Å². The molecule has 0 aliphatic rings. The van der Waals surface area contributed by atoms with Crippen LogP contribution in [0.4, 0.5) is 93.5 Å². The molecule has 7 rings (SSSR count). The van der Waals surface area contributed by atoms with Crippen LogP contribution in [0, 0.1) is 116 Å². The summed E-state index contributed by atoms with van der Waals surface area (Å²) in [5.74, 6) is -71.3. The summed E-state index contributed by atoms with van der Waals surface area (Å²) >= 11 is 0. The maximum atomic E-state index is 15.4. The van der Waals surface area contributed by atoms with Crippen LogP contribution in [-0.2, 0) is 6.54 Å². The summed E-state index contributed by atoms with van der Waals surface area (Å²) < 4.78 is 296. The zero-order chi connectivity index (χ0) is 51.1. The molecule has 0 amide bonds. The first-order chi connectivity index (χ1) is 32.5. The summed E-state index contributed by atoms with van der Waals surface area (Å²) in [7, 11) is 0. The Morgan fingerprint density at radius 1 is 0.420 bits per heavy atom. The van der Waals surface area contributed by atoms with E-state index in [9.17, 15) is 57.5 Å². The van der Waals surface area contributed by atoms with Gasteiger partial charge in [0.25, 0.3) is 0 Å². The SMILES string of the molecule is Fc1c(F)c(F)c([B-](c2c(F)c(F)c(F)c(F)c2F)(c2c(F)c(F)c(F)c(F)c2F)c2c(F)c(F)c(F)c(F)c2F)c(F)c1F.[N-]=[N+]=Nc1cccc(-c2cc[n+](CC(=O)c3ccccc3)cc2)c1. The molecule has 0 unspecified atom stereocenters. The minimum absolute atomic E-state index is 0.0682.